The lowest BCUT2D eigenvalue weighted by Gasteiger charge is -2.29. The van der Waals surface area contributed by atoms with Crippen molar-refractivity contribution < 1.29 is 4.79 Å². The van der Waals surface area contributed by atoms with Crippen LogP contribution in [0.5, 0.6) is 0 Å². The predicted molar refractivity (Wildman–Crippen MR) is 117 cm³/mol. The monoisotopic (exact) mass is 470 g/mol. The molecule has 0 aliphatic carbocycles. The first-order valence-electron chi connectivity index (χ1n) is 9.36. The molecule has 144 valence electrons. The summed E-state index contributed by atoms with van der Waals surface area (Å²) in [6, 6.07) is 8.40. The third-order valence-electron chi connectivity index (χ3n) is 5.16. The first-order chi connectivity index (χ1) is 12.0. The van der Waals surface area contributed by atoms with Crippen LogP contribution in [0.3, 0.4) is 0 Å². The lowest BCUT2D eigenvalue weighted by atomic mass is 9.93. The van der Waals surface area contributed by atoms with Gasteiger partial charge >= 0.3 is 0 Å². The smallest absolute Gasteiger partial charge is 0.244 e. The molecule has 0 saturated carbocycles. The van der Waals surface area contributed by atoms with Gasteiger partial charge in [-0.05, 0) is 36.3 Å². The number of guanidine groups is 1. The van der Waals surface area contributed by atoms with Gasteiger partial charge < -0.3 is 15.1 Å². The fourth-order valence-corrected chi connectivity index (χ4v) is 3.67. The van der Waals surface area contributed by atoms with E-state index in [9.17, 15) is 4.79 Å². The van der Waals surface area contributed by atoms with Crippen LogP contribution in [0, 0.1) is 5.41 Å². The van der Waals surface area contributed by atoms with Crippen LogP contribution in [0.15, 0.2) is 29.3 Å². The number of benzene rings is 1. The molecule has 0 aromatic heterocycles. The van der Waals surface area contributed by atoms with E-state index in [-0.39, 0.29) is 36.4 Å². The number of aliphatic imine (C=N–C) groups is 1. The molecule has 1 amide bonds. The van der Waals surface area contributed by atoms with Crippen LogP contribution in [-0.2, 0) is 17.8 Å². The Balaban J connectivity index is 0.00000243. The van der Waals surface area contributed by atoms with E-state index in [0.29, 0.717) is 12.0 Å². The number of hydrogen-bond acceptors (Lipinski definition) is 2. The molecule has 0 unspecified atom stereocenters. The first-order valence-corrected chi connectivity index (χ1v) is 9.36. The zero-order valence-corrected chi connectivity index (χ0v) is 18.5. The van der Waals surface area contributed by atoms with Crippen LogP contribution < -0.4 is 5.32 Å². The van der Waals surface area contributed by atoms with Crippen molar-refractivity contribution in [2.24, 2.45) is 10.4 Å². The third-order valence-corrected chi connectivity index (χ3v) is 5.16. The maximum absolute atomic E-state index is 12.6. The number of halogens is 1. The molecule has 0 radical (unpaired) electrons. The van der Waals surface area contributed by atoms with Crippen molar-refractivity contribution >= 4 is 35.8 Å². The second kappa shape index (κ2) is 9.06. The van der Waals surface area contributed by atoms with Gasteiger partial charge in [-0.3, -0.25) is 4.79 Å². The molecule has 1 aromatic rings. The van der Waals surface area contributed by atoms with Crippen LogP contribution in [0.1, 0.15) is 38.3 Å². The summed E-state index contributed by atoms with van der Waals surface area (Å²) >= 11 is 0. The van der Waals surface area contributed by atoms with E-state index in [0.717, 1.165) is 45.0 Å². The minimum Gasteiger partial charge on any atom is -0.357 e. The Morgan fingerprint density at radius 2 is 1.92 bits per heavy atom. The Labute approximate surface area is 174 Å². The van der Waals surface area contributed by atoms with Crippen molar-refractivity contribution in [3.05, 3.63) is 35.4 Å². The number of rotatable bonds is 3. The van der Waals surface area contributed by atoms with Crippen molar-refractivity contribution in [1.82, 2.24) is 15.1 Å². The van der Waals surface area contributed by atoms with Crippen molar-refractivity contribution in [3.63, 3.8) is 0 Å². The normalized spacial score (nSPS) is 19.0. The Kier molecular flexibility index (Phi) is 7.32. The molecule has 2 aliphatic rings. The summed E-state index contributed by atoms with van der Waals surface area (Å²) in [5, 5.41) is 3.34. The van der Waals surface area contributed by atoms with Crippen molar-refractivity contribution in [2.45, 2.75) is 40.2 Å². The molecule has 1 saturated heterocycles. The predicted octanol–water partition coefficient (Wildman–Crippen LogP) is 2.89. The largest absolute Gasteiger partial charge is 0.357 e. The van der Waals surface area contributed by atoms with E-state index in [4.69, 9.17) is 0 Å². The minimum absolute atomic E-state index is 0. The second-order valence-corrected chi connectivity index (χ2v) is 7.84. The van der Waals surface area contributed by atoms with Gasteiger partial charge in [0.1, 0.15) is 6.54 Å². The topological polar surface area (TPSA) is 47.9 Å². The van der Waals surface area contributed by atoms with Gasteiger partial charge in [-0.2, -0.15) is 0 Å². The average molecular weight is 470 g/mol. The minimum atomic E-state index is 0. The molecule has 5 nitrogen and oxygen atoms in total. The van der Waals surface area contributed by atoms with Crippen LogP contribution in [0.2, 0.25) is 0 Å². The molecule has 2 heterocycles. The highest BCUT2D eigenvalue weighted by Crippen LogP contribution is 2.28. The molecule has 0 bridgehead atoms. The summed E-state index contributed by atoms with van der Waals surface area (Å²) in [5.74, 6) is 0.988. The average Bonchev–Trinajstić information content (AvgIpc) is 2.97. The van der Waals surface area contributed by atoms with Crippen molar-refractivity contribution in [1.29, 1.82) is 0 Å². The van der Waals surface area contributed by atoms with E-state index in [2.05, 4.69) is 54.2 Å². The van der Waals surface area contributed by atoms with E-state index in [1.807, 2.05) is 11.0 Å². The third kappa shape index (κ3) is 5.11. The number of carbonyl (C=O) groups excluding carboxylic acids is 1. The Hall–Kier alpha value is -1.31. The number of carbonyl (C=O) groups is 1. The summed E-state index contributed by atoms with van der Waals surface area (Å²) in [4.78, 5) is 21.5. The van der Waals surface area contributed by atoms with Gasteiger partial charge in [0.2, 0.25) is 5.91 Å². The molecular formula is C20H31IN4O. The number of fused-ring (bicyclic) bond motifs is 1. The zero-order valence-electron chi connectivity index (χ0n) is 16.1. The van der Waals surface area contributed by atoms with E-state index in [1.165, 1.54) is 11.1 Å². The molecule has 2 aliphatic heterocycles. The van der Waals surface area contributed by atoms with E-state index in [1.54, 1.807) is 0 Å². The maximum Gasteiger partial charge on any atom is 0.244 e. The zero-order chi connectivity index (χ0) is 17.9. The molecule has 3 rings (SSSR count). The summed E-state index contributed by atoms with van der Waals surface area (Å²) in [5.41, 5.74) is 2.94. The van der Waals surface area contributed by atoms with Gasteiger partial charge in [0.05, 0.1) is 0 Å². The fraction of sp³-hybridized carbons (Fsp3) is 0.600. The number of nitrogens with one attached hydrogen (secondary N) is 1. The number of likely N-dealkylation sites (tertiary alicyclic amines) is 1. The number of hydrogen-bond donors (Lipinski definition) is 1. The maximum atomic E-state index is 12.6. The summed E-state index contributed by atoms with van der Waals surface area (Å²) in [6.45, 7) is 11.2. The van der Waals surface area contributed by atoms with Gasteiger partial charge in [-0.25, -0.2) is 4.99 Å². The first kappa shape index (κ1) is 21.0. The SMILES string of the molecule is CCNC(=NCC(=O)N1CCc2ccccc2C1)N1CCC(C)(C)C1.I. The summed E-state index contributed by atoms with van der Waals surface area (Å²) in [7, 11) is 0. The van der Waals surface area contributed by atoms with Crippen molar-refractivity contribution in [3.8, 4) is 0 Å². The fourth-order valence-electron chi connectivity index (χ4n) is 3.67. The molecule has 1 fully saturated rings. The quantitative estimate of drug-likeness (QED) is 0.420. The Morgan fingerprint density at radius 3 is 2.58 bits per heavy atom. The lowest BCUT2D eigenvalue weighted by molar-refractivity contribution is -0.130. The second-order valence-electron chi connectivity index (χ2n) is 7.84. The van der Waals surface area contributed by atoms with Gasteiger partial charge in [0, 0.05) is 32.7 Å². The highest BCUT2D eigenvalue weighted by atomic mass is 127. The van der Waals surface area contributed by atoms with Gasteiger partial charge in [-0.15, -0.1) is 24.0 Å². The van der Waals surface area contributed by atoms with Crippen molar-refractivity contribution in [2.75, 3.05) is 32.7 Å². The standard InChI is InChI=1S/C20H30N4O.HI/c1-4-21-19(24-12-10-20(2,3)15-24)22-13-18(25)23-11-9-16-7-5-6-8-17(16)14-23;/h5-8H,4,9-15H2,1-3H3,(H,21,22);1H. The lowest BCUT2D eigenvalue weighted by Crippen LogP contribution is -2.42. The molecule has 1 aromatic carbocycles. The Morgan fingerprint density at radius 1 is 1.19 bits per heavy atom. The van der Waals surface area contributed by atoms with Gasteiger partial charge in [0.25, 0.3) is 0 Å². The highest BCUT2D eigenvalue weighted by Gasteiger charge is 2.31. The molecular weight excluding hydrogens is 439 g/mol. The molecule has 0 spiro atoms. The number of amides is 1. The van der Waals surface area contributed by atoms with Crippen LogP contribution in [-0.4, -0.2) is 54.4 Å². The molecule has 6 heteroatoms. The van der Waals surface area contributed by atoms with Crippen LogP contribution in [0.4, 0.5) is 0 Å². The molecule has 0 atom stereocenters. The highest BCUT2D eigenvalue weighted by molar-refractivity contribution is 14.0. The number of nitrogens with zero attached hydrogens (tertiary/aromatic N) is 3. The van der Waals surface area contributed by atoms with E-state index >= 15 is 0 Å². The van der Waals surface area contributed by atoms with E-state index < -0.39 is 0 Å². The van der Waals surface area contributed by atoms with Gasteiger partial charge in [-0.1, -0.05) is 38.1 Å². The molecule has 26 heavy (non-hydrogen) atoms. The van der Waals surface area contributed by atoms with Crippen LogP contribution in [0.25, 0.3) is 0 Å². The summed E-state index contributed by atoms with van der Waals surface area (Å²) in [6.07, 6.45) is 2.10. The van der Waals surface area contributed by atoms with Crippen LogP contribution >= 0.6 is 24.0 Å². The van der Waals surface area contributed by atoms with Gasteiger partial charge in [0.15, 0.2) is 5.96 Å². The molecule has 1 N–H and O–H groups in total. The summed E-state index contributed by atoms with van der Waals surface area (Å²) < 4.78 is 0. The Bertz CT molecular complexity index is 659.